The highest BCUT2D eigenvalue weighted by Gasteiger charge is 2.33. The first-order chi connectivity index (χ1) is 11.4. The molecule has 0 saturated carbocycles. The fourth-order valence-electron chi connectivity index (χ4n) is 2.75. The molecule has 1 aliphatic heterocycles. The number of alkyl halides is 3. The zero-order valence-corrected chi connectivity index (χ0v) is 14.9. The molecule has 2 heterocycles. The first-order valence-corrected chi connectivity index (χ1v) is 9.48. The molecule has 2 nitrogen and oxygen atoms in total. The maximum absolute atomic E-state index is 13.2. The van der Waals surface area contributed by atoms with Crippen molar-refractivity contribution < 1.29 is 13.2 Å². The number of benzene rings is 1. The average molecular weight is 370 g/mol. The molecule has 0 amide bonds. The Kier molecular flexibility index (Phi) is 4.92. The zero-order chi connectivity index (χ0) is 17.3. The van der Waals surface area contributed by atoms with Gasteiger partial charge < -0.3 is 4.90 Å². The number of halogens is 3. The highest BCUT2D eigenvalue weighted by atomic mass is 32.2. The maximum atomic E-state index is 13.2. The minimum absolute atomic E-state index is 0.0869. The summed E-state index contributed by atoms with van der Waals surface area (Å²) in [5.74, 6) is 0.949. The van der Waals surface area contributed by atoms with Crippen LogP contribution in [0, 0.1) is 0 Å². The van der Waals surface area contributed by atoms with E-state index in [0.29, 0.717) is 12.2 Å². The number of aromatic nitrogens is 1. The normalized spacial score (nSPS) is 17.6. The summed E-state index contributed by atoms with van der Waals surface area (Å²) in [5, 5.41) is 3.76. The number of rotatable bonds is 4. The molecule has 2 aromatic rings. The van der Waals surface area contributed by atoms with Crippen molar-refractivity contribution in [3.05, 3.63) is 57.0 Å². The molecule has 0 N–H and O–H groups in total. The van der Waals surface area contributed by atoms with Crippen LogP contribution < -0.4 is 4.90 Å². The van der Waals surface area contributed by atoms with Gasteiger partial charge in [-0.15, -0.1) is 23.1 Å². The highest BCUT2D eigenvalue weighted by Crippen LogP contribution is 2.43. The summed E-state index contributed by atoms with van der Waals surface area (Å²) in [5.41, 5.74) is 0.936. The molecular weight excluding hydrogens is 353 g/mol. The lowest BCUT2D eigenvalue weighted by Crippen LogP contribution is -2.26. The molecule has 0 aliphatic carbocycles. The minimum atomic E-state index is -4.34. The SMILES string of the molecule is CCSC1=CC(C)c2ccc(C(F)(F)F)cc2N1Cc1nccs1. The van der Waals surface area contributed by atoms with E-state index in [1.807, 2.05) is 24.1 Å². The lowest BCUT2D eigenvalue weighted by atomic mass is 9.94. The summed E-state index contributed by atoms with van der Waals surface area (Å²) >= 11 is 3.16. The number of fused-ring (bicyclic) bond motifs is 1. The number of anilines is 1. The van der Waals surface area contributed by atoms with Crippen molar-refractivity contribution in [2.75, 3.05) is 10.7 Å². The van der Waals surface area contributed by atoms with Crippen molar-refractivity contribution in [1.82, 2.24) is 4.98 Å². The van der Waals surface area contributed by atoms with Crippen molar-refractivity contribution in [3.8, 4) is 0 Å². The number of hydrogen-bond donors (Lipinski definition) is 0. The molecule has 128 valence electrons. The second-order valence-electron chi connectivity index (χ2n) is 5.51. The number of hydrogen-bond acceptors (Lipinski definition) is 4. The Balaban J connectivity index is 2.07. The standard InChI is InChI=1S/C17H17F3N2S2/c1-3-23-16-8-11(2)13-5-4-12(17(18,19)20)9-14(13)22(16)10-15-21-6-7-24-15/h4-9,11H,3,10H2,1-2H3. The molecule has 3 rings (SSSR count). The van der Waals surface area contributed by atoms with E-state index >= 15 is 0 Å². The van der Waals surface area contributed by atoms with E-state index in [4.69, 9.17) is 0 Å². The van der Waals surface area contributed by atoms with Crippen LogP contribution in [0.2, 0.25) is 0 Å². The largest absolute Gasteiger partial charge is 0.416 e. The summed E-state index contributed by atoms with van der Waals surface area (Å²) < 4.78 is 39.5. The van der Waals surface area contributed by atoms with E-state index in [2.05, 4.69) is 11.1 Å². The number of thiazole rings is 1. The van der Waals surface area contributed by atoms with Gasteiger partial charge in [-0.3, -0.25) is 0 Å². The van der Waals surface area contributed by atoms with Crippen molar-refractivity contribution in [2.45, 2.75) is 32.5 Å². The van der Waals surface area contributed by atoms with Crippen molar-refractivity contribution >= 4 is 28.8 Å². The molecule has 0 saturated heterocycles. The topological polar surface area (TPSA) is 16.1 Å². The Labute approximate surface area is 147 Å². The van der Waals surface area contributed by atoms with Crippen LogP contribution in [0.4, 0.5) is 18.9 Å². The summed E-state index contributed by atoms with van der Waals surface area (Å²) in [7, 11) is 0. The number of nitrogens with zero attached hydrogens (tertiary/aromatic N) is 2. The summed E-state index contributed by atoms with van der Waals surface area (Å²) in [4.78, 5) is 6.24. The molecule has 1 aliphatic rings. The number of allylic oxidation sites excluding steroid dienone is 1. The predicted molar refractivity (Wildman–Crippen MR) is 94.4 cm³/mol. The third kappa shape index (κ3) is 3.47. The first kappa shape index (κ1) is 17.4. The van der Waals surface area contributed by atoms with Gasteiger partial charge in [0, 0.05) is 23.2 Å². The van der Waals surface area contributed by atoms with Gasteiger partial charge >= 0.3 is 6.18 Å². The van der Waals surface area contributed by atoms with Crippen LogP contribution in [0.25, 0.3) is 0 Å². The Hall–Kier alpha value is -1.47. The Morgan fingerprint density at radius 3 is 2.75 bits per heavy atom. The van der Waals surface area contributed by atoms with E-state index in [0.717, 1.165) is 21.4 Å². The zero-order valence-electron chi connectivity index (χ0n) is 13.3. The fourth-order valence-corrected chi connectivity index (χ4v) is 4.27. The van der Waals surface area contributed by atoms with Crippen LogP contribution in [-0.4, -0.2) is 10.7 Å². The van der Waals surface area contributed by atoms with E-state index in [9.17, 15) is 13.2 Å². The third-order valence-electron chi connectivity index (χ3n) is 3.87. The molecule has 1 atom stereocenters. The van der Waals surface area contributed by atoms with Crippen LogP contribution in [-0.2, 0) is 12.7 Å². The molecule has 7 heteroatoms. The first-order valence-electron chi connectivity index (χ1n) is 7.61. The molecular formula is C17H17F3N2S2. The molecule has 1 unspecified atom stereocenters. The van der Waals surface area contributed by atoms with Gasteiger partial charge in [-0.2, -0.15) is 13.2 Å². The second kappa shape index (κ2) is 6.80. The van der Waals surface area contributed by atoms with Gasteiger partial charge in [0.25, 0.3) is 0 Å². The molecule has 1 aromatic carbocycles. The summed E-state index contributed by atoms with van der Waals surface area (Å²) in [6.45, 7) is 4.54. The van der Waals surface area contributed by atoms with Crippen molar-refractivity contribution in [2.24, 2.45) is 0 Å². The van der Waals surface area contributed by atoms with Gasteiger partial charge in [-0.05, 0) is 29.5 Å². The molecule has 24 heavy (non-hydrogen) atoms. The molecule has 0 radical (unpaired) electrons. The van der Waals surface area contributed by atoms with Gasteiger partial charge in [0.05, 0.1) is 17.1 Å². The van der Waals surface area contributed by atoms with Gasteiger partial charge in [0.2, 0.25) is 0 Å². The lowest BCUT2D eigenvalue weighted by Gasteiger charge is -2.34. The van der Waals surface area contributed by atoms with Crippen LogP contribution in [0.5, 0.6) is 0 Å². The third-order valence-corrected chi connectivity index (χ3v) is 5.57. The van der Waals surface area contributed by atoms with E-state index < -0.39 is 11.7 Å². The smallest absolute Gasteiger partial charge is 0.329 e. The van der Waals surface area contributed by atoms with E-state index in [-0.39, 0.29) is 5.92 Å². The average Bonchev–Trinajstić information content (AvgIpc) is 3.03. The van der Waals surface area contributed by atoms with Crippen LogP contribution >= 0.6 is 23.1 Å². The molecule has 1 aromatic heterocycles. The Bertz CT molecular complexity index is 739. The Morgan fingerprint density at radius 1 is 1.33 bits per heavy atom. The van der Waals surface area contributed by atoms with E-state index in [1.165, 1.54) is 23.5 Å². The summed E-state index contributed by atoms with van der Waals surface area (Å²) in [6.07, 6.45) is -0.502. The van der Waals surface area contributed by atoms with Crippen LogP contribution in [0.3, 0.4) is 0 Å². The molecule has 0 bridgehead atoms. The monoisotopic (exact) mass is 370 g/mol. The number of thioether (sulfide) groups is 1. The predicted octanol–water partition coefficient (Wildman–Crippen LogP) is 5.88. The van der Waals surface area contributed by atoms with Gasteiger partial charge in [0.1, 0.15) is 5.01 Å². The van der Waals surface area contributed by atoms with E-state index in [1.54, 1.807) is 24.0 Å². The van der Waals surface area contributed by atoms with Crippen LogP contribution in [0.15, 0.2) is 40.9 Å². The lowest BCUT2D eigenvalue weighted by molar-refractivity contribution is -0.137. The van der Waals surface area contributed by atoms with Gasteiger partial charge in [-0.1, -0.05) is 19.9 Å². The Morgan fingerprint density at radius 2 is 2.12 bits per heavy atom. The molecule has 0 fully saturated rings. The van der Waals surface area contributed by atoms with Gasteiger partial charge in [0.15, 0.2) is 0 Å². The quantitative estimate of drug-likeness (QED) is 0.668. The second-order valence-corrected chi connectivity index (χ2v) is 7.77. The van der Waals surface area contributed by atoms with Gasteiger partial charge in [-0.25, -0.2) is 4.98 Å². The van der Waals surface area contributed by atoms with Crippen LogP contribution in [0.1, 0.15) is 35.9 Å². The summed E-state index contributed by atoms with van der Waals surface area (Å²) in [6, 6.07) is 4.03. The fraction of sp³-hybridized carbons (Fsp3) is 0.353. The maximum Gasteiger partial charge on any atom is 0.416 e. The van der Waals surface area contributed by atoms with Crippen molar-refractivity contribution in [3.63, 3.8) is 0 Å². The molecule has 0 spiro atoms. The highest BCUT2D eigenvalue weighted by molar-refractivity contribution is 8.03. The minimum Gasteiger partial charge on any atom is -0.329 e. The van der Waals surface area contributed by atoms with Crippen molar-refractivity contribution in [1.29, 1.82) is 0 Å².